The zero-order valence-electron chi connectivity index (χ0n) is 7.54. The van der Waals surface area contributed by atoms with Gasteiger partial charge in [-0.15, -0.1) is 0 Å². The van der Waals surface area contributed by atoms with Crippen LogP contribution in [-0.4, -0.2) is 18.0 Å². The number of ether oxygens (including phenoxy) is 1. The van der Waals surface area contributed by atoms with E-state index < -0.39 is 0 Å². The zero-order valence-corrected chi connectivity index (χ0v) is 7.54. The minimum atomic E-state index is -0.194. The molecule has 1 N–H and O–H groups in total. The Bertz CT molecular complexity index is 297. The molecule has 0 aromatic heterocycles. The molecule has 1 aliphatic rings. The molecular weight excluding hydrogens is 168 g/mol. The van der Waals surface area contributed by atoms with Gasteiger partial charge in [0.2, 0.25) is 0 Å². The number of hydrogen-bond acceptors (Lipinski definition) is 3. The summed E-state index contributed by atoms with van der Waals surface area (Å²) in [5.74, 6) is 0.450. The normalized spacial score (nSPS) is 20.7. The molecule has 1 rings (SSSR count). The zero-order chi connectivity index (χ0) is 9.84. The molecule has 0 spiro atoms. The van der Waals surface area contributed by atoms with Gasteiger partial charge in [-0.25, -0.2) is 0 Å². The number of aliphatic hydroxyl groups excluding tert-OH is 1. The van der Waals surface area contributed by atoms with Crippen molar-refractivity contribution in [3.63, 3.8) is 0 Å². The molecular formula is C10H12O3. The van der Waals surface area contributed by atoms with E-state index in [1.165, 1.54) is 13.2 Å². The second-order valence-corrected chi connectivity index (χ2v) is 2.73. The smallest absolute Gasteiger partial charge is 0.195 e. The number of carbonyl (C=O) groups is 1. The molecule has 70 valence electrons. The Morgan fingerprint density at radius 2 is 2.23 bits per heavy atom. The van der Waals surface area contributed by atoms with Crippen LogP contribution in [0.2, 0.25) is 0 Å². The molecule has 13 heavy (non-hydrogen) atoms. The average molecular weight is 180 g/mol. The molecule has 3 heteroatoms. The highest BCUT2D eigenvalue weighted by Gasteiger charge is 2.23. The lowest BCUT2D eigenvalue weighted by Gasteiger charge is -2.17. The lowest BCUT2D eigenvalue weighted by atomic mass is 9.92. The van der Waals surface area contributed by atoms with Gasteiger partial charge < -0.3 is 9.84 Å². The van der Waals surface area contributed by atoms with Crippen LogP contribution in [0.25, 0.3) is 0 Å². The van der Waals surface area contributed by atoms with Crippen LogP contribution in [0, 0.1) is 0 Å². The molecule has 1 aliphatic carbocycles. The van der Waals surface area contributed by atoms with Gasteiger partial charge >= 0.3 is 0 Å². The summed E-state index contributed by atoms with van der Waals surface area (Å²) in [5, 5.41) is 8.75. The quantitative estimate of drug-likeness (QED) is 0.521. The molecule has 0 saturated carbocycles. The van der Waals surface area contributed by atoms with Crippen molar-refractivity contribution < 1.29 is 14.6 Å². The molecule has 0 aliphatic heterocycles. The Balaban J connectivity index is 3.09. The first-order chi connectivity index (χ1) is 6.24. The number of carbonyl (C=O) groups excluding carboxylic acids is 1. The monoisotopic (exact) mass is 180 g/mol. The van der Waals surface area contributed by atoms with Gasteiger partial charge in [0.1, 0.15) is 5.76 Å². The van der Waals surface area contributed by atoms with Crippen LogP contribution >= 0.6 is 0 Å². The van der Waals surface area contributed by atoms with Crippen LogP contribution in [0.4, 0.5) is 0 Å². The molecule has 0 heterocycles. The maximum absolute atomic E-state index is 11.5. The highest BCUT2D eigenvalue weighted by molar-refractivity contribution is 6.11. The van der Waals surface area contributed by atoms with Crippen molar-refractivity contribution in [2.75, 3.05) is 7.11 Å². The molecule has 0 aromatic rings. The van der Waals surface area contributed by atoms with Crippen molar-refractivity contribution >= 4 is 5.78 Å². The van der Waals surface area contributed by atoms with Crippen LogP contribution in [0.5, 0.6) is 0 Å². The van der Waals surface area contributed by atoms with E-state index in [0.717, 1.165) is 6.26 Å². The second kappa shape index (κ2) is 3.94. The topological polar surface area (TPSA) is 46.5 Å². The molecule has 0 unspecified atom stereocenters. The first kappa shape index (κ1) is 9.58. The predicted molar refractivity (Wildman–Crippen MR) is 49.2 cm³/mol. The Morgan fingerprint density at radius 1 is 1.54 bits per heavy atom. The second-order valence-electron chi connectivity index (χ2n) is 2.73. The van der Waals surface area contributed by atoms with Crippen LogP contribution in [-0.2, 0) is 9.53 Å². The summed E-state index contributed by atoms with van der Waals surface area (Å²) in [6.07, 6.45) is 3.48. The Morgan fingerprint density at radius 3 is 2.69 bits per heavy atom. The molecule has 3 nitrogen and oxygen atoms in total. The molecule has 0 saturated heterocycles. The summed E-state index contributed by atoms with van der Waals surface area (Å²) < 4.78 is 5.04. The van der Waals surface area contributed by atoms with E-state index in [1.807, 2.05) is 0 Å². The summed E-state index contributed by atoms with van der Waals surface area (Å²) >= 11 is 0. The molecule has 0 radical (unpaired) electrons. The van der Waals surface area contributed by atoms with Gasteiger partial charge in [0.25, 0.3) is 0 Å². The van der Waals surface area contributed by atoms with Crippen LogP contribution in [0.1, 0.15) is 12.8 Å². The van der Waals surface area contributed by atoms with Crippen LogP contribution in [0.3, 0.4) is 0 Å². The SMILES string of the molecule is C=CC1=C(OC)CC/C(=C\O)C1=O. The number of allylic oxidation sites excluding steroid dienone is 4. The predicted octanol–water partition coefficient (Wildman–Crippen LogP) is 1.88. The third-order valence-corrected chi connectivity index (χ3v) is 2.06. The maximum Gasteiger partial charge on any atom is 0.195 e. The largest absolute Gasteiger partial charge is 0.515 e. The third kappa shape index (κ3) is 1.64. The number of methoxy groups -OCH3 is 1. The van der Waals surface area contributed by atoms with Crippen molar-refractivity contribution in [1.29, 1.82) is 0 Å². The van der Waals surface area contributed by atoms with Crippen molar-refractivity contribution in [2.24, 2.45) is 0 Å². The van der Waals surface area contributed by atoms with E-state index >= 15 is 0 Å². The average Bonchev–Trinajstić information content (AvgIpc) is 2.17. The first-order valence-corrected chi connectivity index (χ1v) is 4.02. The van der Waals surface area contributed by atoms with Gasteiger partial charge in [-0.05, 0) is 6.42 Å². The minimum Gasteiger partial charge on any atom is -0.515 e. The number of ketones is 1. The first-order valence-electron chi connectivity index (χ1n) is 4.02. The van der Waals surface area contributed by atoms with Gasteiger partial charge in [0.05, 0.1) is 18.9 Å². The van der Waals surface area contributed by atoms with Crippen molar-refractivity contribution in [2.45, 2.75) is 12.8 Å². The highest BCUT2D eigenvalue weighted by Crippen LogP contribution is 2.26. The van der Waals surface area contributed by atoms with Crippen LogP contribution < -0.4 is 0 Å². The highest BCUT2D eigenvalue weighted by atomic mass is 16.5. The van der Waals surface area contributed by atoms with Crippen LogP contribution in [0.15, 0.2) is 35.8 Å². The number of hydrogen-bond donors (Lipinski definition) is 1. The summed E-state index contributed by atoms with van der Waals surface area (Å²) in [4.78, 5) is 11.5. The van der Waals surface area contributed by atoms with Gasteiger partial charge in [0, 0.05) is 12.0 Å². The van der Waals surface area contributed by atoms with Gasteiger partial charge in [-0.1, -0.05) is 12.7 Å². The van der Waals surface area contributed by atoms with E-state index in [0.29, 0.717) is 29.7 Å². The summed E-state index contributed by atoms with van der Waals surface area (Å²) in [6.45, 7) is 3.53. The fourth-order valence-corrected chi connectivity index (χ4v) is 1.34. The van der Waals surface area contributed by atoms with E-state index in [4.69, 9.17) is 9.84 Å². The fourth-order valence-electron chi connectivity index (χ4n) is 1.34. The molecule has 0 atom stereocenters. The van der Waals surface area contributed by atoms with E-state index in [1.54, 1.807) is 0 Å². The maximum atomic E-state index is 11.5. The Hall–Kier alpha value is -1.51. The van der Waals surface area contributed by atoms with Gasteiger partial charge in [0.15, 0.2) is 5.78 Å². The van der Waals surface area contributed by atoms with E-state index in [2.05, 4.69) is 6.58 Å². The molecule has 0 fully saturated rings. The van der Waals surface area contributed by atoms with E-state index in [-0.39, 0.29) is 5.78 Å². The summed E-state index contributed by atoms with van der Waals surface area (Å²) in [7, 11) is 1.53. The van der Waals surface area contributed by atoms with Crippen molar-refractivity contribution in [3.8, 4) is 0 Å². The fraction of sp³-hybridized carbons (Fsp3) is 0.300. The third-order valence-electron chi connectivity index (χ3n) is 2.06. The Labute approximate surface area is 77.0 Å². The molecule has 0 bridgehead atoms. The van der Waals surface area contributed by atoms with Gasteiger partial charge in [-0.3, -0.25) is 4.79 Å². The summed E-state index contributed by atoms with van der Waals surface area (Å²) in [5.41, 5.74) is 0.866. The number of aliphatic hydroxyl groups is 1. The Kier molecular flexibility index (Phi) is 2.90. The lowest BCUT2D eigenvalue weighted by Crippen LogP contribution is -2.14. The van der Waals surface area contributed by atoms with Crippen molar-refractivity contribution in [1.82, 2.24) is 0 Å². The van der Waals surface area contributed by atoms with Crippen molar-refractivity contribution in [3.05, 3.63) is 35.8 Å². The number of Topliss-reactive ketones (excluding diaryl/α,β-unsaturated/α-hetero) is 1. The number of rotatable bonds is 2. The van der Waals surface area contributed by atoms with E-state index in [9.17, 15) is 4.79 Å². The lowest BCUT2D eigenvalue weighted by molar-refractivity contribution is -0.112. The molecule has 0 aromatic carbocycles. The summed E-state index contributed by atoms with van der Waals surface area (Å²) in [6, 6.07) is 0. The molecule has 0 amide bonds. The standard InChI is InChI=1S/C10H12O3/c1-3-8-9(13-2)5-4-7(6-11)10(8)12/h3,6,11H,1,4-5H2,2H3/b7-6+. The van der Waals surface area contributed by atoms with Gasteiger partial charge in [-0.2, -0.15) is 0 Å². The minimum absolute atomic E-state index is 0.194.